The van der Waals surface area contributed by atoms with Crippen LogP contribution in [0.1, 0.15) is 37.7 Å². The van der Waals surface area contributed by atoms with Crippen molar-refractivity contribution in [3.8, 4) is 0 Å². The second-order valence-electron chi connectivity index (χ2n) is 6.98. The molecule has 8 heteroatoms. The summed E-state index contributed by atoms with van der Waals surface area (Å²) in [6.45, 7) is 0.430. The van der Waals surface area contributed by atoms with E-state index < -0.39 is 0 Å². The lowest BCUT2D eigenvalue weighted by Crippen LogP contribution is -2.39. The van der Waals surface area contributed by atoms with E-state index >= 15 is 0 Å². The van der Waals surface area contributed by atoms with Gasteiger partial charge in [0.15, 0.2) is 11.2 Å². The zero-order valence-electron chi connectivity index (χ0n) is 15.0. The number of rotatable bonds is 5. The molecule has 1 aliphatic carbocycles. The minimum atomic E-state index is -0.349. The minimum absolute atomic E-state index is 0.0518. The van der Waals surface area contributed by atoms with Gasteiger partial charge >= 0.3 is 0 Å². The molecule has 1 aliphatic rings. The fourth-order valence-corrected chi connectivity index (χ4v) is 3.54. The number of nitrogens with zero attached hydrogens (tertiary/aromatic N) is 5. The van der Waals surface area contributed by atoms with Crippen LogP contribution in [0.3, 0.4) is 0 Å². The smallest absolute Gasteiger partial charge is 0.283 e. The third kappa shape index (κ3) is 3.89. The molecule has 27 heavy (non-hydrogen) atoms. The van der Waals surface area contributed by atoms with E-state index in [1.807, 2.05) is 30.3 Å². The number of nitrogens with one attached hydrogen (secondary N) is 1. The summed E-state index contributed by atoms with van der Waals surface area (Å²) >= 11 is 0. The van der Waals surface area contributed by atoms with E-state index in [-0.39, 0.29) is 29.6 Å². The molecule has 8 nitrogen and oxygen atoms in total. The molecule has 1 amide bonds. The first-order chi connectivity index (χ1) is 13.2. The summed E-state index contributed by atoms with van der Waals surface area (Å²) in [6, 6.07) is 10.00. The van der Waals surface area contributed by atoms with Crippen molar-refractivity contribution in [2.45, 2.75) is 51.2 Å². The highest BCUT2D eigenvalue weighted by atomic mass is 16.2. The Balaban J connectivity index is 1.50. The molecule has 1 saturated carbocycles. The topological polar surface area (TPSA) is 94.7 Å². The Bertz CT molecular complexity index is 988. The first kappa shape index (κ1) is 17.4. The molecule has 0 spiro atoms. The first-order valence-corrected chi connectivity index (χ1v) is 9.32. The molecular weight excluding hydrogens is 344 g/mol. The molecule has 1 N–H and O–H groups in total. The molecule has 4 rings (SSSR count). The Morgan fingerprint density at radius 3 is 2.70 bits per heavy atom. The van der Waals surface area contributed by atoms with Crippen LogP contribution in [0.15, 0.2) is 41.5 Å². The monoisotopic (exact) mass is 366 g/mol. The number of amides is 1. The summed E-state index contributed by atoms with van der Waals surface area (Å²) in [5.74, 6) is -0.165. The molecule has 1 fully saturated rings. The van der Waals surface area contributed by atoms with E-state index in [9.17, 15) is 9.59 Å². The average Bonchev–Trinajstić information content (AvgIpc) is 3.09. The van der Waals surface area contributed by atoms with Crippen molar-refractivity contribution < 1.29 is 4.79 Å². The average molecular weight is 366 g/mol. The lowest BCUT2D eigenvalue weighted by atomic mass is 9.95. The molecular formula is C19H22N6O2. The molecule has 0 atom stereocenters. The number of fused-ring (bicyclic) bond motifs is 1. The van der Waals surface area contributed by atoms with Gasteiger partial charge in [0.2, 0.25) is 5.91 Å². The highest BCUT2D eigenvalue weighted by Gasteiger charge is 2.18. The van der Waals surface area contributed by atoms with Gasteiger partial charge in [0.25, 0.3) is 5.56 Å². The van der Waals surface area contributed by atoms with E-state index in [0.717, 1.165) is 31.2 Å². The zero-order chi connectivity index (χ0) is 18.6. The molecule has 3 aromatic rings. The molecule has 0 aliphatic heterocycles. The predicted octanol–water partition coefficient (Wildman–Crippen LogP) is 1.49. The number of aromatic nitrogens is 5. The van der Waals surface area contributed by atoms with E-state index in [2.05, 4.69) is 20.6 Å². The Morgan fingerprint density at radius 1 is 1.15 bits per heavy atom. The van der Waals surface area contributed by atoms with E-state index in [0.29, 0.717) is 12.2 Å². The fourth-order valence-electron chi connectivity index (χ4n) is 3.54. The Labute approximate surface area is 156 Å². The number of hydrogen-bond acceptors (Lipinski definition) is 5. The van der Waals surface area contributed by atoms with Gasteiger partial charge in [-0.1, -0.05) is 54.8 Å². The first-order valence-electron chi connectivity index (χ1n) is 9.32. The minimum Gasteiger partial charge on any atom is -0.352 e. The largest absolute Gasteiger partial charge is 0.352 e. The van der Waals surface area contributed by atoms with E-state index in [1.165, 1.54) is 17.3 Å². The van der Waals surface area contributed by atoms with Gasteiger partial charge in [-0.25, -0.2) is 9.67 Å². The van der Waals surface area contributed by atoms with Crippen LogP contribution < -0.4 is 10.9 Å². The van der Waals surface area contributed by atoms with Crippen LogP contribution in [-0.2, 0) is 17.9 Å². The van der Waals surface area contributed by atoms with Gasteiger partial charge in [-0.3, -0.25) is 14.2 Å². The van der Waals surface area contributed by atoms with Gasteiger partial charge in [-0.2, -0.15) is 0 Å². The molecule has 0 bridgehead atoms. The van der Waals surface area contributed by atoms with Crippen molar-refractivity contribution in [1.82, 2.24) is 29.9 Å². The zero-order valence-corrected chi connectivity index (χ0v) is 15.0. The second-order valence-corrected chi connectivity index (χ2v) is 6.98. The van der Waals surface area contributed by atoms with Crippen LogP contribution >= 0.6 is 0 Å². The normalized spacial score (nSPS) is 15.1. The van der Waals surface area contributed by atoms with Crippen LogP contribution in [0.2, 0.25) is 0 Å². The molecule has 0 radical (unpaired) electrons. The third-order valence-corrected chi connectivity index (χ3v) is 4.95. The molecule has 1 aromatic carbocycles. The number of carbonyl (C=O) groups is 1. The van der Waals surface area contributed by atoms with E-state index in [1.54, 1.807) is 4.68 Å². The molecule has 0 unspecified atom stereocenters. The fraction of sp³-hybridized carbons (Fsp3) is 0.421. The summed E-state index contributed by atoms with van der Waals surface area (Å²) in [4.78, 5) is 29.2. The number of hydrogen-bond donors (Lipinski definition) is 1. The van der Waals surface area contributed by atoms with Crippen LogP contribution in [0, 0.1) is 0 Å². The lowest BCUT2D eigenvalue weighted by molar-refractivity contribution is -0.122. The summed E-state index contributed by atoms with van der Waals surface area (Å²) in [6.07, 6.45) is 6.92. The van der Waals surface area contributed by atoms with Crippen molar-refractivity contribution in [3.63, 3.8) is 0 Å². The van der Waals surface area contributed by atoms with Crippen molar-refractivity contribution in [1.29, 1.82) is 0 Å². The van der Waals surface area contributed by atoms with Crippen LogP contribution in [0.25, 0.3) is 11.2 Å². The lowest BCUT2D eigenvalue weighted by Gasteiger charge is -2.22. The molecule has 2 aromatic heterocycles. The number of benzene rings is 1. The molecule has 140 valence electrons. The maximum atomic E-state index is 12.6. The standard InChI is InChI=1S/C19H22N6O2/c26-16(21-15-9-5-2-6-10-15)12-24-13-20-18-17(19(24)27)22-23-25(18)11-14-7-3-1-4-8-14/h1,3-4,7-8,13,15H,2,5-6,9-12H2,(H,21,26). The highest BCUT2D eigenvalue weighted by Crippen LogP contribution is 2.17. The third-order valence-electron chi connectivity index (χ3n) is 4.95. The number of carbonyl (C=O) groups excluding carboxylic acids is 1. The predicted molar refractivity (Wildman–Crippen MR) is 100 cm³/mol. The van der Waals surface area contributed by atoms with Crippen LogP contribution in [-0.4, -0.2) is 36.5 Å². The second kappa shape index (κ2) is 7.69. The van der Waals surface area contributed by atoms with E-state index in [4.69, 9.17) is 0 Å². The maximum absolute atomic E-state index is 12.6. The van der Waals surface area contributed by atoms with Gasteiger partial charge in [0.05, 0.1) is 6.54 Å². The molecule has 2 heterocycles. The van der Waals surface area contributed by atoms with Gasteiger partial charge in [0.1, 0.15) is 12.9 Å². The summed E-state index contributed by atoms with van der Waals surface area (Å²) in [7, 11) is 0. The summed E-state index contributed by atoms with van der Waals surface area (Å²) in [5, 5.41) is 11.1. The van der Waals surface area contributed by atoms with Gasteiger partial charge in [-0.15, -0.1) is 5.10 Å². The van der Waals surface area contributed by atoms with Crippen molar-refractivity contribution >= 4 is 17.1 Å². The van der Waals surface area contributed by atoms with Crippen LogP contribution in [0.5, 0.6) is 0 Å². The quantitative estimate of drug-likeness (QED) is 0.738. The highest BCUT2D eigenvalue weighted by molar-refractivity contribution is 5.76. The van der Waals surface area contributed by atoms with Crippen molar-refractivity contribution in [2.24, 2.45) is 0 Å². The van der Waals surface area contributed by atoms with Gasteiger partial charge in [0, 0.05) is 6.04 Å². The molecule has 0 saturated heterocycles. The summed E-state index contributed by atoms with van der Waals surface area (Å²) < 4.78 is 2.89. The van der Waals surface area contributed by atoms with Crippen LogP contribution in [0.4, 0.5) is 0 Å². The maximum Gasteiger partial charge on any atom is 0.283 e. The van der Waals surface area contributed by atoms with Crippen molar-refractivity contribution in [3.05, 3.63) is 52.6 Å². The Hall–Kier alpha value is -3.03. The SMILES string of the molecule is O=C(Cn1cnc2c(nnn2Cc2ccccc2)c1=O)NC1CCCCC1. The Kier molecular flexibility index (Phi) is 4.95. The van der Waals surface area contributed by atoms with Gasteiger partial charge < -0.3 is 5.32 Å². The Morgan fingerprint density at radius 2 is 1.93 bits per heavy atom. The summed E-state index contributed by atoms with van der Waals surface area (Å²) in [5.41, 5.74) is 1.30. The van der Waals surface area contributed by atoms with Crippen molar-refractivity contribution in [2.75, 3.05) is 0 Å². The van der Waals surface area contributed by atoms with Gasteiger partial charge in [-0.05, 0) is 18.4 Å².